The average molecular weight is 317 g/mol. The summed E-state index contributed by atoms with van der Waals surface area (Å²) in [5, 5.41) is 13.2. The molecule has 118 valence electrons. The molecule has 0 spiro atoms. The highest BCUT2D eigenvalue weighted by Crippen LogP contribution is 2.37. The number of aryl methyl sites for hydroxylation is 1. The van der Waals surface area contributed by atoms with Crippen molar-refractivity contribution in [2.45, 2.75) is 51.4 Å². The van der Waals surface area contributed by atoms with Crippen molar-refractivity contribution in [2.75, 3.05) is 25.0 Å². The van der Waals surface area contributed by atoms with Gasteiger partial charge in [0.05, 0.1) is 5.56 Å². The number of likely N-dealkylation sites (tertiary alicyclic amines) is 1. The Kier molecular flexibility index (Phi) is 5.12. The van der Waals surface area contributed by atoms with Crippen LogP contribution in [0.4, 0.5) is 5.00 Å². The van der Waals surface area contributed by atoms with Crippen LogP contribution in [0.15, 0.2) is 0 Å². The maximum Gasteiger partial charge on any atom is 0.226 e. The van der Waals surface area contributed by atoms with Crippen LogP contribution in [-0.2, 0) is 17.6 Å². The van der Waals surface area contributed by atoms with Crippen LogP contribution in [0.1, 0.15) is 54.5 Å². The summed E-state index contributed by atoms with van der Waals surface area (Å²) in [5.41, 5.74) is 1.90. The standard InChI is InChI=1S/C17H23N3OS/c18-12-14-13-6-2-3-7-15(13)22-17(14)19-16(21)8-11-20-9-4-1-5-10-20/h1-11H2,(H,19,21). The number of nitriles is 1. The van der Waals surface area contributed by atoms with Gasteiger partial charge < -0.3 is 10.2 Å². The Labute approximate surface area is 136 Å². The number of hydrogen-bond donors (Lipinski definition) is 1. The van der Waals surface area contributed by atoms with Gasteiger partial charge in [0.1, 0.15) is 11.1 Å². The van der Waals surface area contributed by atoms with Crippen molar-refractivity contribution < 1.29 is 4.79 Å². The van der Waals surface area contributed by atoms with Crippen molar-refractivity contribution in [1.29, 1.82) is 5.26 Å². The van der Waals surface area contributed by atoms with Crippen molar-refractivity contribution in [2.24, 2.45) is 0 Å². The Hall–Kier alpha value is -1.38. The summed E-state index contributed by atoms with van der Waals surface area (Å²) in [6.45, 7) is 3.06. The van der Waals surface area contributed by atoms with Gasteiger partial charge in [-0.1, -0.05) is 6.42 Å². The summed E-state index contributed by atoms with van der Waals surface area (Å²) in [6, 6.07) is 2.30. The normalized spacial score (nSPS) is 18.5. The van der Waals surface area contributed by atoms with Gasteiger partial charge in [-0.2, -0.15) is 5.26 Å². The Balaban J connectivity index is 1.59. The molecule has 1 aromatic rings. The van der Waals surface area contributed by atoms with E-state index in [-0.39, 0.29) is 5.91 Å². The van der Waals surface area contributed by atoms with Crippen molar-refractivity contribution in [3.8, 4) is 6.07 Å². The van der Waals surface area contributed by atoms with Crippen molar-refractivity contribution >= 4 is 22.2 Å². The maximum absolute atomic E-state index is 12.2. The lowest BCUT2D eigenvalue weighted by molar-refractivity contribution is -0.116. The largest absolute Gasteiger partial charge is 0.317 e. The Morgan fingerprint density at radius 3 is 2.73 bits per heavy atom. The van der Waals surface area contributed by atoms with E-state index < -0.39 is 0 Å². The molecule has 2 aliphatic rings. The fourth-order valence-electron chi connectivity index (χ4n) is 3.40. The van der Waals surface area contributed by atoms with E-state index in [4.69, 9.17) is 0 Å². The quantitative estimate of drug-likeness (QED) is 0.927. The first-order valence-electron chi connectivity index (χ1n) is 8.35. The van der Waals surface area contributed by atoms with E-state index in [0.717, 1.165) is 43.9 Å². The number of thiophene rings is 1. The first-order valence-corrected chi connectivity index (χ1v) is 9.16. The molecule has 4 nitrogen and oxygen atoms in total. The van der Waals surface area contributed by atoms with E-state index in [1.165, 1.54) is 36.1 Å². The van der Waals surface area contributed by atoms with E-state index >= 15 is 0 Å². The maximum atomic E-state index is 12.2. The Morgan fingerprint density at radius 1 is 1.18 bits per heavy atom. The predicted octanol–water partition coefficient (Wildman–Crippen LogP) is 3.31. The zero-order chi connectivity index (χ0) is 15.4. The Bertz CT molecular complexity index is 581. The number of hydrogen-bond acceptors (Lipinski definition) is 4. The summed E-state index contributed by atoms with van der Waals surface area (Å²) in [5.74, 6) is 0.0423. The number of fused-ring (bicyclic) bond motifs is 1. The van der Waals surface area contributed by atoms with Gasteiger partial charge in [0.15, 0.2) is 0 Å². The van der Waals surface area contributed by atoms with E-state index in [2.05, 4.69) is 16.3 Å². The van der Waals surface area contributed by atoms with Crippen LogP contribution in [0.2, 0.25) is 0 Å². The lowest BCUT2D eigenvalue weighted by Crippen LogP contribution is -2.32. The van der Waals surface area contributed by atoms with Crippen LogP contribution >= 0.6 is 11.3 Å². The fraction of sp³-hybridized carbons (Fsp3) is 0.647. The number of nitrogens with one attached hydrogen (secondary N) is 1. The molecule has 1 aliphatic carbocycles. The van der Waals surface area contributed by atoms with Gasteiger partial charge in [-0.25, -0.2) is 0 Å². The third-order valence-electron chi connectivity index (χ3n) is 4.64. The first kappa shape index (κ1) is 15.5. The molecule has 1 saturated heterocycles. The topological polar surface area (TPSA) is 56.1 Å². The molecule has 1 amide bonds. The average Bonchev–Trinajstić information content (AvgIpc) is 2.91. The van der Waals surface area contributed by atoms with Crippen LogP contribution < -0.4 is 5.32 Å². The van der Waals surface area contributed by atoms with Gasteiger partial charge in [-0.05, 0) is 57.2 Å². The summed E-state index contributed by atoms with van der Waals surface area (Å²) in [6.07, 6.45) is 8.72. The minimum atomic E-state index is 0.0423. The van der Waals surface area contributed by atoms with Crippen LogP contribution in [0, 0.1) is 11.3 Å². The molecule has 1 fully saturated rings. The van der Waals surface area contributed by atoms with Crippen LogP contribution in [0.3, 0.4) is 0 Å². The zero-order valence-electron chi connectivity index (χ0n) is 13.0. The molecule has 0 saturated carbocycles. The van der Waals surface area contributed by atoms with Crippen LogP contribution in [0.25, 0.3) is 0 Å². The van der Waals surface area contributed by atoms with Crippen molar-refractivity contribution in [3.63, 3.8) is 0 Å². The molecule has 22 heavy (non-hydrogen) atoms. The second-order valence-electron chi connectivity index (χ2n) is 6.23. The Morgan fingerprint density at radius 2 is 1.95 bits per heavy atom. The molecule has 3 rings (SSSR count). The minimum absolute atomic E-state index is 0.0423. The first-order chi connectivity index (χ1) is 10.8. The monoisotopic (exact) mass is 317 g/mol. The van der Waals surface area contributed by atoms with Gasteiger partial charge >= 0.3 is 0 Å². The molecule has 1 N–H and O–H groups in total. The van der Waals surface area contributed by atoms with Crippen molar-refractivity contribution in [1.82, 2.24) is 4.90 Å². The number of piperidine rings is 1. The summed E-state index contributed by atoms with van der Waals surface area (Å²) in [7, 11) is 0. The molecule has 0 radical (unpaired) electrons. The van der Waals surface area contributed by atoms with Crippen LogP contribution in [0.5, 0.6) is 0 Å². The van der Waals surface area contributed by atoms with E-state index in [9.17, 15) is 10.1 Å². The van der Waals surface area contributed by atoms with Gasteiger partial charge in [-0.3, -0.25) is 4.79 Å². The molecule has 0 atom stereocenters. The molecular weight excluding hydrogens is 294 g/mol. The number of rotatable bonds is 4. The van der Waals surface area contributed by atoms with E-state index in [1.54, 1.807) is 11.3 Å². The van der Waals surface area contributed by atoms with Gasteiger partial charge in [-0.15, -0.1) is 11.3 Å². The number of carbonyl (C=O) groups is 1. The third-order valence-corrected chi connectivity index (χ3v) is 5.85. The van der Waals surface area contributed by atoms with Crippen molar-refractivity contribution in [3.05, 3.63) is 16.0 Å². The highest BCUT2D eigenvalue weighted by molar-refractivity contribution is 7.16. The smallest absolute Gasteiger partial charge is 0.226 e. The minimum Gasteiger partial charge on any atom is -0.317 e. The lowest BCUT2D eigenvalue weighted by Gasteiger charge is -2.25. The molecule has 1 aromatic heterocycles. The molecule has 0 aromatic carbocycles. The predicted molar refractivity (Wildman–Crippen MR) is 89.2 cm³/mol. The van der Waals surface area contributed by atoms with Gasteiger partial charge in [0, 0.05) is 17.8 Å². The molecule has 0 bridgehead atoms. The molecule has 0 unspecified atom stereocenters. The molecule has 5 heteroatoms. The second kappa shape index (κ2) is 7.26. The van der Waals surface area contributed by atoms with Gasteiger partial charge in [0.25, 0.3) is 0 Å². The number of amides is 1. The van der Waals surface area contributed by atoms with Crippen LogP contribution in [-0.4, -0.2) is 30.4 Å². The SMILES string of the molecule is N#Cc1c(NC(=O)CCN2CCCCC2)sc2c1CCCC2. The molecule has 1 aliphatic heterocycles. The van der Waals surface area contributed by atoms with Gasteiger partial charge in [0.2, 0.25) is 5.91 Å². The third kappa shape index (κ3) is 3.50. The van der Waals surface area contributed by atoms with E-state index in [1.807, 2.05) is 0 Å². The number of anilines is 1. The highest BCUT2D eigenvalue weighted by atomic mass is 32.1. The fourth-order valence-corrected chi connectivity index (χ4v) is 4.66. The highest BCUT2D eigenvalue weighted by Gasteiger charge is 2.22. The molecular formula is C17H23N3OS. The van der Waals surface area contributed by atoms with E-state index in [0.29, 0.717) is 12.0 Å². The second-order valence-corrected chi connectivity index (χ2v) is 7.33. The zero-order valence-corrected chi connectivity index (χ0v) is 13.8. The summed E-state index contributed by atoms with van der Waals surface area (Å²) in [4.78, 5) is 15.9. The summed E-state index contributed by atoms with van der Waals surface area (Å²) >= 11 is 1.61. The lowest BCUT2D eigenvalue weighted by atomic mass is 9.96. The number of nitrogens with zero attached hydrogens (tertiary/aromatic N) is 2. The summed E-state index contributed by atoms with van der Waals surface area (Å²) < 4.78 is 0. The number of carbonyl (C=O) groups excluding carboxylic acids is 1. The molecule has 2 heterocycles.